The summed E-state index contributed by atoms with van der Waals surface area (Å²) < 4.78 is 19.6. The molecule has 1 aromatic carbocycles. The summed E-state index contributed by atoms with van der Waals surface area (Å²) in [5.74, 6) is -0.860. The summed E-state index contributed by atoms with van der Waals surface area (Å²) >= 11 is 3.22. The van der Waals surface area contributed by atoms with E-state index in [9.17, 15) is 9.18 Å². The second-order valence-electron chi connectivity index (χ2n) is 4.27. The minimum absolute atomic E-state index is 0.0661. The topological polar surface area (TPSA) is 29.5 Å². The fourth-order valence-electron chi connectivity index (χ4n) is 1.39. The minimum atomic E-state index is -0.514. The van der Waals surface area contributed by atoms with Gasteiger partial charge in [-0.25, -0.2) is 4.39 Å². The van der Waals surface area contributed by atoms with Crippen LogP contribution in [0.1, 0.15) is 24.2 Å². The average Bonchev–Trinajstić information content (AvgIpc) is 2.30. The van der Waals surface area contributed by atoms with Gasteiger partial charge in [-0.2, -0.15) is 0 Å². The van der Waals surface area contributed by atoms with Crippen molar-refractivity contribution < 1.29 is 13.9 Å². The van der Waals surface area contributed by atoms with E-state index in [1.807, 2.05) is 13.8 Å². The molecule has 100 valence electrons. The molecule has 0 aromatic heterocycles. The summed E-state index contributed by atoms with van der Waals surface area (Å²) in [5, 5.41) is 0. The number of carbonyl (C=O) groups excluding carboxylic acids is 1. The first-order chi connectivity index (χ1) is 8.41. The lowest BCUT2D eigenvalue weighted by Crippen LogP contribution is -2.31. The predicted octanol–water partition coefficient (Wildman–Crippen LogP) is 3.09. The number of rotatable bonds is 5. The minimum Gasteiger partial charge on any atom is -0.377 e. The highest BCUT2D eigenvalue weighted by Gasteiger charge is 2.16. The normalized spacial score (nSPS) is 10.8. The van der Waals surface area contributed by atoms with Crippen molar-refractivity contribution >= 4 is 21.8 Å². The van der Waals surface area contributed by atoms with Crippen molar-refractivity contribution in [2.75, 3.05) is 20.2 Å². The molecule has 18 heavy (non-hydrogen) atoms. The van der Waals surface area contributed by atoms with Gasteiger partial charge in [0.15, 0.2) is 0 Å². The van der Waals surface area contributed by atoms with Gasteiger partial charge in [-0.15, -0.1) is 0 Å². The molecule has 0 radical (unpaired) electrons. The van der Waals surface area contributed by atoms with Crippen molar-refractivity contribution in [1.29, 1.82) is 0 Å². The molecule has 0 unspecified atom stereocenters. The third-order valence-corrected chi connectivity index (χ3v) is 2.88. The van der Waals surface area contributed by atoms with Crippen LogP contribution in [0.5, 0.6) is 0 Å². The zero-order valence-corrected chi connectivity index (χ0v) is 12.3. The molecule has 0 N–H and O–H groups in total. The molecule has 0 saturated carbocycles. The number of hydrogen-bond acceptors (Lipinski definition) is 2. The maximum Gasteiger partial charge on any atom is 0.256 e. The maximum absolute atomic E-state index is 13.5. The summed E-state index contributed by atoms with van der Waals surface area (Å²) in [6.45, 7) is 4.73. The third kappa shape index (κ3) is 4.38. The lowest BCUT2D eigenvalue weighted by atomic mass is 10.2. The Morgan fingerprint density at radius 3 is 2.78 bits per heavy atom. The maximum atomic E-state index is 13.5. The van der Waals surface area contributed by atoms with Gasteiger partial charge < -0.3 is 9.64 Å². The van der Waals surface area contributed by atoms with Gasteiger partial charge in [0.1, 0.15) is 5.82 Å². The molecular weight excluding hydrogens is 301 g/mol. The number of likely N-dealkylation sites (N-methyl/N-ethyl adjacent to an activating group) is 1. The fraction of sp³-hybridized carbons (Fsp3) is 0.462. The van der Waals surface area contributed by atoms with Crippen LogP contribution in [0.4, 0.5) is 4.39 Å². The molecule has 0 aliphatic carbocycles. The monoisotopic (exact) mass is 317 g/mol. The van der Waals surface area contributed by atoms with Crippen LogP contribution in [-0.4, -0.2) is 37.1 Å². The van der Waals surface area contributed by atoms with Crippen LogP contribution in [0.3, 0.4) is 0 Å². The first-order valence-corrected chi connectivity index (χ1v) is 6.53. The molecule has 0 heterocycles. The van der Waals surface area contributed by atoms with Gasteiger partial charge in [0.25, 0.3) is 5.91 Å². The second-order valence-corrected chi connectivity index (χ2v) is 5.19. The van der Waals surface area contributed by atoms with Crippen LogP contribution in [0.15, 0.2) is 22.7 Å². The Morgan fingerprint density at radius 2 is 2.17 bits per heavy atom. The lowest BCUT2D eigenvalue weighted by Gasteiger charge is -2.18. The number of ether oxygens (including phenoxy) is 1. The van der Waals surface area contributed by atoms with E-state index in [1.54, 1.807) is 13.1 Å². The van der Waals surface area contributed by atoms with E-state index in [1.165, 1.54) is 17.0 Å². The van der Waals surface area contributed by atoms with Gasteiger partial charge in [-0.05, 0) is 32.0 Å². The molecule has 0 aliphatic rings. The van der Waals surface area contributed by atoms with Crippen molar-refractivity contribution in [3.8, 4) is 0 Å². The Labute approximate surface area is 115 Å². The van der Waals surface area contributed by atoms with E-state index >= 15 is 0 Å². The average molecular weight is 318 g/mol. The van der Waals surface area contributed by atoms with Gasteiger partial charge in [0.2, 0.25) is 0 Å². The molecule has 3 nitrogen and oxygen atoms in total. The van der Waals surface area contributed by atoms with Crippen molar-refractivity contribution in [3.05, 3.63) is 34.1 Å². The number of amides is 1. The van der Waals surface area contributed by atoms with E-state index in [2.05, 4.69) is 15.9 Å². The molecule has 0 aliphatic heterocycles. The van der Waals surface area contributed by atoms with E-state index in [-0.39, 0.29) is 17.6 Å². The quantitative estimate of drug-likeness (QED) is 0.835. The van der Waals surface area contributed by atoms with Gasteiger partial charge >= 0.3 is 0 Å². The zero-order chi connectivity index (χ0) is 13.7. The number of nitrogens with zero attached hydrogens (tertiary/aromatic N) is 1. The van der Waals surface area contributed by atoms with Crippen molar-refractivity contribution in [1.82, 2.24) is 4.90 Å². The van der Waals surface area contributed by atoms with Gasteiger partial charge in [0, 0.05) is 18.1 Å². The Kier molecular flexibility index (Phi) is 5.75. The van der Waals surface area contributed by atoms with E-state index in [0.717, 1.165) is 0 Å². The van der Waals surface area contributed by atoms with Crippen LogP contribution in [0, 0.1) is 5.82 Å². The van der Waals surface area contributed by atoms with Gasteiger partial charge in [-0.3, -0.25) is 4.79 Å². The number of benzene rings is 1. The SMILES string of the molecule is CC(C)OCCN(C)C(=O)c1cc(Br)ccc1F. The molecular formula is C13H17BrFNO2. The standard InChI is InChI=1S/C13H17BrFNO2/c1-9(2)18-7-6-16(3)13(17)11-8-10(14)4-5-12(11)15/h4-5,8-9H,6-7H2,1-3H3. The molecule has 0 bridgehead atoms. The largest absolute Gasteiger partial charge is 0.377 e. The Bertz CT molecular complexity index is 423. The summed E-state index contributed by atoms with van der Waals surface area (Å²) in [4.78, 5) is 13.5. The first kappa shape index (κ1) is 15.1. The Balaban J connectivity index is 2.65. The molecule has 1 aromatic rings. The second kappa shape index (κ2) is 6.85. The van der Waals surface area contributed by atoms with E-state index in [0.29, 0.717) is 17.6 Å². The smallest absolute Gasteiger partial charge is 0.256 e. The Morgan fingerprint density at radius 1 is 1.50 bits per heavy atom. The van der Waals surface area contributed by atoms with Crippen LogP contribution >= 0.6 is 15.9 Å². The molecule has 5 heteroatoms. The van der Waals surface area contributed by atoms with Crippen molar-refractivity contribution in [2.45, 2.75) is 20.0 Å². The Hall–Kier alpha value is -0.940. The number of halogens is 2. The number of carbonyl (C=O) groups is 1. The molecule has 1 rings (SSSR count). The van der Waals surface area contributed by atoms with Gasteiger partial charge in [-0.1, -0.05) is 15.9 Å². The molecule has 1 amide bonds. The van der Waals surface area contributed by atoms with Crippen LogP contribution in [0.2, 0.25) is 0 Å². The fourth-order valence-corrected chi connectivity index (χ4v) is 1.75. The summed E-state index contributed by atoms with van der Waals surface area (Å²) in [7, 11) is 1.63. The summed E-state index contributed by atoms with van der Waals surface area (Å²) in [6.07, 6.45) is 0.121. The zero-order valence-electron chi connectivity index (χ0n) is 10.7. The third-order valence-electron chi connectivity index (χ3n) is 2.38. The van der Waals surface area contributed by atoms with Gasteiger partial charge in [0.05, 0.1) is 18.3 Å². The van der Waals surface area contributed by atoms with Crippen LogP contribution < -0.4 is 0 Å². The summed E-state index contributed by atoms with van der Waals surface area (Å²) in [5.41, 5.74) is 0.0661. The molecule has 0 fully saturated rings. The predicted molar refractivity (Wildman–Crippen MR) is 72.1 cm³/mol. The number of hydrogen-bond donors (Lipinski definition) is 0. The lowest BCUT2D eigenvalue weighted by molar-refractivity contribution is 0.0529. The first-order valence-electron chi connectivity index (χ1n) is 5.74. The highest BCUT2D eigenvalue weighted by atomic mass is 79.9. The molecule has 0 saturated heterocycles. The molecule has 0 atom stereocenters. The summed E-state index contributed by atoms with van der Waals surface area (Å²) in [6, 6.07) is 4.32. The highest BCUT2D eigenvalue weighted by Crippen LogP contribution is 2.16. The van der Waals surface area contributed by atoms with E-state index in [4.69, 9.17) is 4.74 Å². The van der Waals surface area contributed by atoms with Crippen LogP contribution in [0.25, 0.3) is 0 Å². The highest BCUT2D eigenvalue weighted by molar-refractivity contribution is 9.10. The van der Waals surface area contributed by atoms with Crippen molar-refractivity contribution in [3.63, 3.8) is 0 Å². The van der Waals surface area contributed by atoms with Crippen molar-refractivity contribution in [2.24, 2.45) is 0 Å². The van der Waals surface area contributed by atoms with E-state index < -0.39 is 5.82 Å². The van der Waals surface area contributed by atoms with Crippen LogP contribution in [-0.2, 0) is 4.74 Å². The molecule has 0 spiro atoms.